The first kappa shape index (κ1) is 14.5. The second-order valence-electron chi connectivity index (χ2n) is 4.73. The Bertz CT molecular complexity index is 723. The van der Waals surface area contributed by atoms with Crippen molar-refractivity contribution >= 4 is 17.2 Å². The second-order valence-corrected chi connectivity index (χ2v) is 5.71. The maximum absolute atomic E-state index is 12.0. The molecule has 1 N–H and O–H groups in total. The van der Waals surface area contributed by atoms with Crippen LogP contribution in [0.4, 0.5) is 0 Å². The Morgan fingerprint density at radius 2 is 2.14 bits per heavy atom. The minimum absolute atomic E-state index is 0.218. The summed E-state index contributed by atoms with van der Waals surface area (Å²) in [5.41, 5.74) is 1.20. The standard InChI is InChI=1S/C16H15N3O2S/c20-16(18-8-4-7-15-17-9-10-22-15)13-11-14(21-19-13)12-5-2-1-3-6-12/h1-3,5-6,9-11H,4,7-8H2,(H,18,20). The molecule has 0 saturated carbocycles. The van der Waals surface area contributed by atoms with Crippen molar-refractivity contribution < 1.29 is 9.32 Å². The number of nitrogens with one attached hydrogen (secondary N) is 1. The van der Waals surface area contributed by atoms with Crippen LogP contribution in [-0.2, 0) is 6.42 Å². The molecule has 0 aliphatic heterocycles. The molecule has 0 saturated heterocycles. The van der Waals surface area contributed by atoms with Crippen molar-refractivity contribution in [3.8, 4) is 11.3 Å². The van der Waals surface area contributed by atoms with E-state index in [1.165, 1.54) is 0 Å². The normalized spacial score (nSPS) is 10.5. The van der Waals surface area contributed by atoms with Crippen LogP contribution in [0.1, 0.15) is 21.9 Å². The average Bonchev–Trinajstić information content (AvgIpc) is 3.24. The number of hydrogen-bond donors (Lipinski definition) is 1. The number of benzene rings is 1. The van der Waals surface area contributed by atoms with Crippen molar-refractivity contribution in [2.24, 2.45) is 0 Å². The van der Waals surface area contributed by atoms with E-state index in [-0.39, 0.29) is 5.91 Å². The lowest BCUT2D eigenvalue weighted by molar-refractivity contribution is 0.0944. The van der Waals surface area contributed by atoms with E-state index < -0.39 is 0 Å². The molecule has 2 aromatic heterocycles. The number of carbonyl (C=O) groups excluding carboxylic acids is 1. The number of thiazole rings is 1. The fourth-order valence-electron chi connectivity index (χ4n) is 2.03. The van der Waals surface area contributed by atoms with Crippen molar-refractivity contribution in [3.63, 3.8) is 0 Å². The summed E-state index contributed by atoms with van der Waals surface area (Å²) < 4.78 is 5.22. The van der Waals surface area contributed by atoms with Crippen LogP contribution >= 0.6 is 11.3 Å². The second kappa shape index (κ2) is 7.00. The molecule has 6 heteroatoms. The number of aryl methyl sites for hydroxylation is 1. The van der Waals surface area contributed by atoms with Gasteiger partial charge in [0.2, 0.25) is 0 Å². The molecule has 2 heterocycles. The van der Waals surface area contributed by atoms with E-state index in [1.54, 1.807) is 23.6 Å². The predicted octanol–water partition coefficient (Wildman–Crippen LogP) is 3.16. The SMILES string of the molecule is O=C(NCCCc1nccs1)c1cc(-c2ccccc2)on1. The van der Waals surface area contributed by atoms with Gasteiger partial charge >= 0.3 is 0 Å². The third kappa shape index (κ3) is 3.59. The molecule has 112 valence electrons. The Morgan fingerprint density at radius 3 is 2.91 bits per heavy atom. The summed E-state index contributed by atoms with van der Waals surface area (Å²) in [4.78, 5) is 16.2. The largest absolute Gasteiger partial charge is 0.355 e. The summed E-state index contributed by atoms with van der Waals surface area (Å²) in [6, 6.07) is 11.2. The Labute approximate surface area is 132 Å². The van der Waals surface area contributed by atoms with Crippen molar-refractivity contribution in [1.82, 2.24) is 15.5 Å². The number of aromatic nitrogens is 2. The fraction of sp³-hybridized carbons (Fsp3) is 0.188. The van der Waals surface area contributed by atoms with Crippen LogP contribution < -0.4 is 5.32 Å². The van der Waals surface area contributed by atoms with Gasteiger partial charge in [-0.1, -0.05) is 35.5 Å². The van der Waals surface area contributed by atoms with Gasteiger partial charge in [-0.05, 0) is 6.42 Å². The van der Waals surface area contributed by atoms with Crippen LogP contribution in [0.5, 0.6) is 0 Å². The molecule has 5 nitrogen and oxygen atoms in total. The number of carbonyl (C=O) groups is 1. The number of nitrogens with zero attached hydrogens (tertiary/aromatic N) is 2. The third-order valence-corrected chi connectivity index (χ3v) is 3.98. The fourth-order valence-corrected chi connectivity index (χ4v) is 2.69. The average molecular weight is 313 g/mol. The van der Waals surface area contributed by atoms with E-state index in [1.807, 2.05) is 35.7 Å². The maximum atomic E-state index is 12.0. The Kier molecular flexibility index (Phi) is 4.60. The zero-order valence-corrected chi connectivity index (χ0v) is 12.7. The van der Waals surface area contributed by atoms with Crippen LogP contribution in [0.3, 0.4) is 0 Å². The van der Waals surface area contributed by atoms with E-state index in [9.17, 15) is 4.79 Å². The summed E-state index contributed by atoms with van der Waals surface area (Å²) in [6.45, 7) is 0.589. The Balaban J connectivity index is 1.51. The molecule has 0 unspecified atom stereocenters. The van der Waals surface area contributed by atoms with Crippen molar-refractivity contribution in [2.75, 3.05) is 6.54 Å². The molecule has 0 aliphatic carbocycles. The highest BCUT2D eigenvalue weighted by Gasteiger charge is 2.13. The van der Waals surface area contributed by atoms with Crippen LogP contribution in [-0.4, -0.2) is 22.6 Å². The van der Waals surface area contributed by atoms with Gasteiger partial charge in [0.1, 0.15) is 0 Å². The molecule has 1 aromatic carbocycles. The molecule has 22 heavy (non-hydrogen) atoms. The van der Waals surface area contributed by atoms with Gasteiger partial charge in [0.05, 0.1) is 5.01 Å². The van der Waals surface area contributed by atoms with Gasteiger partial charge < -0.3 is 9.84 Å². The van der Waals surface area contributed by atoms with Gasteiger partial charge in [0.25, 0.3) is 5.91 Å². The zero-order valence-electron chi connectivity index (χ0n) is 11.9. The molecule has 0 atom stereocenters. The van der Waals surface area contributed by atoms with Gasteiger partial charge in [-0.15, -0.1) is 11.3 Å². The lowest BCUT2D eigenvalue weighted by atomic mass is 10.1. The minimum atomic E-state index is -0.218. The van der Waals surface area contributed by atoms with E-state index in [4.69, 9.17) is 4.52 Å². The summed E-state index contributed by atoms with van der Waals surface area (Å²) in [5, 5.41) is 9.70. The Hall–Kier alpha value is -2.47. The smallest absolute Gasteiger partial charge is 0.273 e. The first-order valence-corrected chi connectivity index (χ1v) is 7.89. The first-order chi connectivity index (χ1) is 10.8. The van der Waals surface area contributed by atoms with Crippen LogP contribution in [0.2, 0.25) is 0 Å². The van der Waals surface area contributed by atoms with E-state index >= 15 is 0 Å². The molecule has 0 radical (unpaired) electrons. The maximum Gasteiger partial charge on any atom is 0.273 e. The topological polar surface area (TPSA) is 68.0 Å². The molecule has 1 amide bonds. The highest BCUT2D eigenvalue weighted by atomic mass is 32.1. The lowest BCUT2D eigenvalue weighted by Gasteiger charge is -2.00. The van der Waals surface area contributed by atoms with Gasteiger partial charge in [-0.3, -0.25) is 4.79 Å². The highest BCUT2D eigenvalue weighted by Crippen LogP contribution is 2.19. The molecule has 0 fully saturated rings. The monoisotopic (exact) mass is 313 g/mol. The quantitative estimate of drug-likeness (QED) is 0.710. The van der Waals surface area contributed by atoms with Crippen molar-refractivity contribution in [3.05, 3.63) is 58.7 Å². The lowest BCUT2D eigenvalue weighted by Crippen LogP contribution is -2.25. The van der Waals surface area contributed by atoms with Crippen LogP contribution in [0.15, 0.2) is 52.5 Å². The first-order valence-electron chi connectivity index (χ1n) is 7.01. The molecular weight excluding hydrogens is 298 g/mol. The van der Waals surface area contributed by atoms with Crippen molar-refractivity contribution in [2.45, 2.75) is 12.8 Å². The summed E-state index contributed by atoms with van der Waals surface area (Å²) in [7, 11) is 0. The zero-order chi connectivity index (χ0) is 15.2. The number of amides is 1. The molecular formula is C16H15N3O2S. The van der Waals surface area contributed by atoms with Crippen LogP contribution in [0.25, 0.3) is 11.3 Å². The van der Waals surface area contributed by atoms with Crippen LogP contribution in [0, 0.1) is 0 Å². The summed E-state index contributed by atoms with van der Waals surface area (Å²) in [5.74, 6) is 0.374. The number of hydrogen-bond acceptors (Lipinski definition) is 5. The molecule has 0 bridgehead atoms. The van der Waals surface area contributed by atoms with Gasteiger partial charge in [0.15, 0.2) is 11.5 Å². The molecule has 3 rings (SSSR count). The Morgan fingerprint density at radius 1 is 1.27 bits per heavy atom. The number of rotatable bonds is 6. The van der Waals surface area contributed by atoms with Gasteiger partial charge in [-0.25, -0.2) is 4.98 Å². The summed E-state index contributed by atoms with van der Waals surface area (Å²) >= 11 is 1.63. The van der Waals surface area contributed by atoms with Crippen molar-refractivity contribution in [1.29, 1.82) is 0 Å². The van der Waals surface area contributed by atoms with E-state index in [0.29, 0.717) is 18.0 Å². The van der Waals surface area contributed by atoms with E-state index in [0.717, 1.165) is 23.4 Å². The highest BCUT2D eigenvalue weighted by molar-refractivity contribution is 7.09. The molecule has 0 aliphatic rings. The van der Waals surface area contributed by atoms with Gasteiger partial charge in [-0.2, -0.15) is 0 Å². The summed E-state index contributed by atoms with van der Waals surface area (Å²) in [6.07, 6.45) is 3.51. The predicted molar refractivity (Wildman–Crippen MR) is 84.7 cm³/mol. The third-order valence-electron chi connectivity index (χ3n) is 3.14. The molecule has 3 aromatic rings. The minimum Gasteiger partial charge on any atom is -0.355 e. The molecule has 0 spiro atoms. The van der Waals surface area contributed by atoms with Gasteiger partial charge in [0, 0.05) is 36.2 Å². The van der Waals surface area contributed by atoms with E-state index in [2.05, 4.69) is 15.5 Å².